The molecule has 76 valence electrons. The van der Waals surface area contributed by atoms with Crippen LogP contribution in [0.1, 0.15) is 12.5 Å². The Hall–Kier alpha value is -1.29. The lowest BCUT2D eigenvalue weighted by Crippen LogP contribution is -2.27. The molecule has 1 aliphatic heterocycles. The Morgan fingerprint density at radius 2 is 2.36 bits per heavy atom. The van der Waals surface area contributed by atoms with E-state index >= 15 is 0 Å². The number of pyridine rings is 1. The van der Waals surface area contributed by atoms with E-state index in [0.717, 1.165) is 19.5 Å². The molecule has 0 spiro atoms. The highest BCUT2D eigenvalue weighted by molar-refractivity contribution is 5.33. The zero-order chi connectivity index (χ0) is 10.1. The third-order valence-electron chi connectivity index (χ3n) is 2.76. The van der Waals surface area contributed by atoms with Crippen LogP contribution in [0.5, 0.6) is 0 Å². The van der Waals surface area contributed by atoms with Gasteiger partial charge >= 0.3 is 0 Å². The molecule has 1 aliphatic rings. The highest BCUT2D eigenvalue weighted by Gasteiger charge is 2.21. The number of likely N-dealkylation sites (tertiary alicyclic amines) is 1. The number of hydrogen-bond acceptors (Lipinski definition) is 3. The summed E-state index contributed by atoms with van der Waals surface area (Å²) in [7, 11) is 2.07. The fraction of sp³-hybridized carbons (Fsp3) is 0.500. The second-order valence-electron chi connectivity index (χ2n) is 3.88. The van der Waals surface area contributed by atoms with Crippen molar-refractivity contribution in [2.45, 2.75) is 12.5 Å². The van der Waals surface area contributed by atoms with E-state index in [4.69, 9.17) is 5.73 Å². The first kappa shape index (κ1) is 9.27. The predicted octanol–water partition coefficient (Wildman–Crippen LogP) is 0.307. The molecule has 1 aromatic heterocycles. The summed E-state index contributed by atoms with van der Waals surface area (Å²) in [6.45, 7) is 1.98. The molecule has 0 radical (unpaired) electrons. The molecule has 1 saturated heterocycles. The molecule has 2 rings (SSSR count). The number of nitrogens with two attached hydrogens (primary N) is 1. The van der Waals surface area contributed by atoms with Gasteiger partial charge in [0.15, 0.2) is 0 Å². The first-order chi connectivity index (χ1) is 6.68. The molecule has 0 amide bonds. The Balaban J connectivity index is 2.33. The van der Waals surface area contributed by atoms with Gasteiger partial charge < -0.3 is 15.2 Å². The van der Waals surface area contributed by atoms with E-state index in [2.05, 4.69) is 11.9 Å². The van der Waals surface area contributed by atoms with Crippen LogP contribution in [0.4, 0.5) is 5.69 Å². The van der Waals surface area contributed by atoms with Crippen LogP contribution in [0.15, 0.2) is 23.1 Å². The van der Waals surface area contributed by atoms with Crippen LogP contribution in [0.3, 0.4) is 0 Å². The van der Waals surface area contributed by atoms with Gasteiger partial charge in [0.05, 0.1) is 11.7 Å². The van der Waals surface area contributed by atoms with Gasteiger partial charge in [0.25, 0.3) is 5.56 Å². The molecule has 0 aliphatic carbocycles. The van der Waals surface area contributed by atoms with Gasteiger partial charge in [-0.15, -0.1) is 0 Å². The maximum atomic E-state index is 11.7. The summed E-state index contributed by atoms with van der Waals surface area (Å²) in [5, 5.41) is 0. The summed E-state index contributed by atoms with van der Waals surface area (Å²) in [5.41, 5.74) is 5.85. The van der Waals surface area contributed by atoms with Crippen molar-refractivity contribution in [3.8, 4) is 0 Å². The summed E-state index contributed by atoms with van der Waals surface area (Å²) in [6.07, 6.45) is 2.85. The minimum absolute atomic E-state index is 0.0622. The van der Waals surface area contributed by atoms with E-state index in [0.29, 0.717) is 5.69 Å². The van der Waals surface area contributed by atoms with Gasteiger partial charge in [0, 0.05) is 12.7 Å². The molecular weight excluding hydrogens is 178 g/mol. The fourth-order valence-corrected chi connectivity index (χ4v) is 1.95. The van der Waals surface area contributed by atoms with Crippen LogP contribution in [0.2, 0.25) is 0 Å². The fourth-order valence-electron chi connectivity index (χ4n) is 1.95. The smallest absolute Gasteiger partial charge is 0.273 e. The zero-order valence-electron chi connectivity index (χ0n) is 8.31. The maximum absolute atomic E-state index is 11.7. The Morgan fingerprint density at radius 1 is 1.57 bits per heavy atom. The van der Waals surface area contributed by atoms with E-state index in [-0.39, 0.29) is 11.6 Å². The van der Waals surface area contributed by atoms with E-state index in [9.17, 15) is 4.79 Å². The zero-order valence-corrected chi connectivity index (χ0v) is 8.31. The maximum Gasteiger partial charge on any atom is 0.273 e. The van der Waals surface area contributed by atoms with Crippen LogP contribution < -0.4 is 11.3 Å². The predicted molar refractivity (Wildman–Crippen MR) is 56.3 cm³/mol. The Kier molecular flexibility index (Phi) is 2.29. The van der Waals surface area contributed by atoms with Crippen molar-refractivity contribution < 1.29 is 0 Å². The topological polar surface area (TPSA) is 51.3 Å². The van der Waals surface area contributed by atoms with E-state index in [1.807, 2.05) is 12.3 Å². The average Bonchev–Trinajstić information content (AvgIpc) is 2.57. The Morgan fingerprint density at radius 3 is 3.00 bits per heavy atom. The van der Waals surface area contributed by atoms with Crippen LogP contribution >= 0.6 is 0 Å². The van der Waals surface area contributed by atoms with Crippen LogP contribution in [-0.4, -0.2) is 29.6 Å². The van der Waals surface area contributed by atoms with Gasteiger partial charge in [-0.1, -0.05) is 0 Å². The molecule has 0 saturated carbocycles. The molecule has 0 aromatic carbocycles. The standard InChI is InChI=1S/C10H15N3O/c1-12-6-4-8(7-12)13-5-2-3-9(11)10(13)14/h2-3,5,8H,4,6-7,11H2,1H3. The Labute approximate surface area is 82.9 Å². The normalized spacial score (nSPS) is 22.8. The number of anilines is 1. The van der Waals surface area contributed by atoms with Crippen molar-refractivity contribution in [1.82, 2.24) is 9.47 Å². The largest absolute Gasteiger partial charge is 0.394 e. The van der Waals surface area contributed by atoms with Gasteiger partial charge in [-0.3, -0.25) is 4.79 Å². The minimum atomic E-state index is -0.0622. The highest BCUT2D eigenvalue weighted by Crippen LogP contribution is 2.18. The molecule has 1 aromatic rings. The van der Waals surface area contributed by atoms with Gasteiger partial charge in [-0.2, -0.15) is 0 Å². The molecule has 14 heavy (non-hydrogen) atoms. The second kappa shape index (κ2) is 3.46. The summed E-state index contributed by atoms with van der Waals surface area (Å²) in [4.78, 5) is 13.9. The van der Waals surface area contributed by atoms with Gasteiger partial charge in [-0.05, 0) is 32.1 Å². The van der Waals surface area contributed by atoms with Gasteiger partial charge in [0.1, 0.15) is 0 Å². The molecule has 2 heterocycles. The SMILES string of the molecule is CN1CCC(n2cccc(N)c2=O)C1. The van der Waals surface area contributed by atoms with Crippen molar-refractivity contribution in [3.05, 3.63) is 28.7 Å². The average molecular weight is 193 g/mol. The molecule has 1 atom stereocenters. The van der Waals surface area contributed by atoms with Crippen LogP contribution in [0.25, 0.3) is 0 Å². The Bertz CT molecular complexity index is 385. The van der Waals surface area contributed by atoms with E-state index in [1.165, 1.54) is 0 Å². The highest BCUT2D eigenvalue weighted by atomic mass is 16.1. The minimum Gasteiger partial charge on any atom is -0.394 e. The summed E-state index contributed by atoms with van der Waals surface area (Å²) < 4.78 is 1.75. The molecule has 4 heteroatoms. The molecule has 1 unspecified atom stereocenters. The first-order valence-electron chi connectivity index (χ1n) is 4.83. The summed E-state index contributed by atoms with van der Waals surface area (Å²) in [6, 6.07) is 3.77. The number of aromatic nitrogens is 1. The lowest BCUT2D eigenvalue weighted by Gasteiger charge is -2.14. The molecular formula is C10H15N3O. The lowest BCUT2D eigenvalue weighted by atomic mass is 10.2. The van der Waals surface area contributed by atoms with E-state index < -0.39 is 0 Å². The van der Waals surface area contributed by atoms with E-state index in [1.54, 1.807) is 10.6 Å². The van der Waals surface area contributed by atoms with Crippen molar-refractivity contribution >= 4 is 5.69 Å². The third-order valence-corrected chi connectivity index (χ3v) is 2.76. The number of likely N-dealkylation sites (N-methyl/N-ethyl adjacent to an activating group) is 1. The summed E-state index contributed by atoms with van der Waals surface area (Å²) >= 11 is 0. The van der Waals surface area contributed by atoms with Gasteiger partial charge in [-0.25, -0.2) is 0 Å². The quantitative estimate of drug-likeness (QED) is 0.698. The molecule has 0 bridgehead atoms. The molecule has 2 N–H and O–H groups in total. The first-order valence-corrected chi connectivity index (χ1v) is 4.83. The lowest BCUT2D eigenvalue weighted by molar-refractivity contribution is 0.390. The van der Waals surface area contributed by atoms with Crippen molar-refractivity contribution in [2.75, 3.05) is 25.9 Å². The third kappa shape index (κ3) is 1.53. The molecule has 4 nitrogen and oxygen atoms in total. The number of rotatable bonds is 1. The van der Waals surface area contributed by atoms with Crippen molar-refractivity contribution in [1.29, 1.82) is 0 Å². The second-order valence-corrected chi connectivity index (χ2v) is 3.88. The number of nitrogens with zero attached hydrogens (tertiary/aromatic N) is 2. The van der Waals surface area contributed by atoms with Crippen molar-refractivity contribution in [3.63, 3.8) is 0 Å². The number of nitrogen functional groups attached to an aromatic ring is 1. The molecule has 1 fully saturated rings. The van der Waals surface area contributed by atoms with Gasteiger partial charge in [0.2, 0.25) is 0 Å². The van der Waals surface area contributed by atoms with Crippen LogP contribution in [-0.2, 0) is 0 Å². The summed E-state index contributed by atoms with van der Waals surface area (Å²) in [5.74, 6) is 0. The van der Waals surface area contributed by atoms with Crippen LogP contribution in [0, 0.1) is 0 Å². The number of hydrogen-bond donors (Lipinski definition) is 1. The monoisotopic (exact) mass is 193 g/mol. The van der Waals surface area contributed by atoms with Crippen molar-refractivity contribution in [2.24, 2.45) is 0 Å².